The van der Waals surface area contributed by atoms with Crippen LogP contribution >= 0.6 is 23.4 Å². The third-order valence-electron chi connectivity index (χ3n) is 3.10. The molecule has 20 heavy (non-hydrogen) atoms. The fraction of sp³-hybridized carbons (Fsp3) is 0.500. The molecule has 1 atom stereocenters. The number of nitrogens with zero attached hydrogens (tertiary/aromatic N) is 1. The Balaban J connectivity index is 1.71. The average molecular weight is 315 g/mol. The summed E-state index contributed by atoms with van der Waals surface area (Å²) in [6.45, 7) is 3.71. The molecule has 0 amide bonds. The van der Waals surface area contributed by atoms with E-state index in [2.05, 4.69) is 22.4 Å². The van der Waals surface area contributed by atoms with Crippen LogP contribution in [0.4, 0.5) is 0 Å². The lowest BCUT2D eigenvalue weighted by molar-refractivity contribution is -0.903. The molecule has 1 unspecified atom stereocenters. The van der Waals surface area contributed by atoms with Gasteiger partial charge in [-0.25, -0.2) is 4.99 Å². The minimum absolute atomic E-state index is 0.780. The van der Waals surface area contributed by atoms with E-state index in [0.717, 1.165) is 48.9 Å². The van der Waals surface area contributed by atoms with Crippen LogP contribution in [0.5, 0.6) is 0 Å². The molecule has 0 spiro atoms. The van der Waals surface area contributed by atoms with Gasteiger partial charge in [0.15, 0.2) is 18.5 Å². The molecule has 0 saturated heterocycles. The van der Waals surface area contributed by atoms with E-state index < -0.39 is 0 Å². The van der Waals surface area contributed by atoms with Gasteiger partial charge in [0.25, 0.3) is 0 Å². The molecule has 4 nitrogen and oxygen atoms in total. The van der Waals surface area contributed by atoms with Gasteiger partial charge < -0.3 is 10.1 Å². The number of thioether (sulfide) groups is 1. The summed E-state index contributed by atoms with van der Waals surface area (Å²) in [5, 5.41) is 5.20. The van der Waals surface area contributed by atoms with Gasteiger partial charge in [0, 0.05) is 24.3 Å². The number of quaternary nitrogens is 1. The number of ether oxygens (including phenoxy) is 1. The van der Waals surface area contributed by atoms with Crippen molar-refractivity contribution in [1.29, 1.82) is 0 Å². The average Bonchev–Trinajstić information content (AvgIpc) is 2.48. The van der Waals surface area contributed by atoms with Gasteiger partial charge in [-0.2, -0.15) is 0 Å². The maximum absolute atomic E-state index is 5.87. The second kappa shape index (κ2) is 8.52. The molecule has 1 aromatic rings. The summed E-state index contributed by atoms with van der Waals surface area (Å²) < 4.78 is 5.07. The molecule has 1 heterocycles. The first-order valence-corrected chi connectivity index (χ1v) is 8.12. The Morgan fingerprint density at radius 2 is 2.20 bits per heavy atom. The van der Waals surface area contributed by atoms with E-state index in [9.17, 15) is 0 Å². The third kappa shape index (κ3) is 5.32. The number of hydrogen-bond donors (Lipinski definition) is 2. The van der Waals surface area contributed by atoms with E-state index in [-0.39, 0.29) is 0 Å². The number of nitrogens with one attached hydrogen (secondary N) is 2. The Kier molecular flexibility index (Phi) is 6.66. The number of rotatable bonds is 6. The van der Waals surface area contributed by atoms with Crippen LogP contribution in [0.25, 0.3) is 0 Å². The van der Waals surface area contributed by atoms with E-state index >= 15 is 0 Å². The van der Waals surface area contributed by atoms with Gasteiger partial charge in [-0.05, 0) is 17.7 Å². The highest BCUT2D eigenvalue weighted by Crippen LogP contribution is 2.16. The lowest BCUT2D eigenvalue weighted by Gasteiger charge is -2.23. The summed E-state index contributed by atoms with van der Waals surface area (Å²) >= 11 is 7.62. The van der Waals surface area contributed by atoms with Crippen molar-refractivity contribution in [2.45, 2.75) is 12.2 Å². The molecule has 1 aliphatic heterocycles. The Bertz CT molecular complexity index is 439. The van der Waals surface area contributed by atoms with Crippen LogP contribution in [0, 0.1) is 0 Å². The zero-order chi connectivity index (χ0) is 14.2. The van der Waals surface area contributed by atoms with Crippen LogP contribution in [-0.4, -0.2) is 38.8 Å². The van der Waals surface area contributed by atoms with Crippen LogP contribution in [0.1, 0.15) is 12.0 Å². The Labute approximate surface area is 129 Å². The zero-order valence-electron chi connectivity index (χ0n) is 11.7. The smallest absolute Gasteiger partial charge is 0.175 e. The summed E-state index contributed by atoms with van der Waals surface area (Å²) in [5.74, 6) is 0.919. The summed E-state index contributed by atoms with van der Waals surface area (Å²) in [4.78, 5) is 6.04. The summed E-state index contributed by atoms with van der Waals surface area (Å²) in [7, 11) is 1.74. The number of hydrogen-bond acceptors (Lipinski definition) is 4. The Hall–Kier alpha value is -0.750. The van der Waals surface area contributed by atoms with Gasteiger partial charge in [0.2, 0.25) is 0 Å². The lowest BCUT2D eigenvalue weighted by Crippen LogP contribution is -3.14. The molecule has 6 heteroatoms. The van der Waals surface area contributed by atoms with Crippen LogP contribution in [0.2, 0.25) is 5.02 Å². The number of methoxy groups -OCH3 is 1. The standard InChI is InChI=1S/C14H20ClN3OS/c1-19-8-2-7-18-10-16-14(17-11-18)20-9-12-3-5-13(15)6-4-12/h3-6H,2,7-11H2,1H3,(H,16,17)/p+1. The van der Waals surface area contributed by atoms with Gasteiger partial charge in [0.05, 0.1) is 13.2 Å². The highest BCUT2D eigenvalue weighted by atomic mass is 35.5. The zero-order valence-corrected chi connectivity index (χ0v) is 13.3. The van der Waals surface area contributed by atoms with Crippen molar-refractivity contribution in [2.24, 2.45) is 4.99 Å². The van der Waals surface area contributed by atoms with E-state index in [1.807, 2.05) is 12.1 Å². The van der Waals surface area contributed by atoms with Crippen molar-refractivity contribution in [1.82, 2.24) is 5.32 Å². The van der Waals surface area contributed by atoms with Crippen LogP contribution in [-0.2, 0) is 10.5 Å². The Morgan fingerprint density at radius 3 is 2.85 bits per heavy atom. The minimum Gasteiger partial charge on any atom is -0.384 e. The first-order chi connectivity index (χ1) is 9.78. The van der Waals surface area contributed by atoms with E-state index in [4.69, 9.17) is 16.3 Å². The van der Waals surface area contributed by atoms with Crippen molar-refractivity contribution in [2.75, 3.05) is 33.6 Å². The summed E-state index contributed by atoms with van der Waals surface area (Å²) in [5.41, 5.74) is 1.26. The van der Waals surface area contributed by atoms with Crippen molar-refractivity contribution in [3.8, 4) is 0 Å². The molecule has 0 aliphatic carbocycles. The highest BCUT2D eigenvalue weighted by molar-refractivity contribution is 8.13. The highest BCUT2D eigenvalue weighted by Gasteiger charge is 2.14. The van der Waals surface area contributed by atoms with Crippen molar-refractivity contribution in [3.05, 3.63) is 34.9 Å². The fourth-order valence-corrected chi connectivity index (χ4v) is 2.91. The molecule has 2 N–H and O–H groups in total. The molecule has 2 rings (SSSR count). The topological polar surface area (TPSA) is 38.1 Å². The van der Waals surface area contributed by atoms with Gasteiger partial charge in [-0.3, -0.25) is 4.90 Å². The van der Waals surface area contributed by atoms with Gasteiger partial charge in [0.1, 0.15) is 0 Å². The monoisotopic (exact) mass is 314 g/mol. The van der Waals surface area contributed by atoms with Crippen molar-refractivity contribution >= 4 is 28.5 Å². The second-order valence-electron chi connectivity index (χ2n) is 4.74. The fourth-order valence-electron chi connectivity index (χ4n) is 1.96. The second-order valence-corrected chi connectivity index (χ2v) is 6.14. The SMILES string of the molecule is COCCC[NH+]1CN=C(SCc2ccc(Cl)cc2)NC1. The maximum atomic E-state index is 5.87. The third-order valence-corrected chi connectivity index (χ3v) is 4.38. The number of halogens is 1. The minimum atomic E-state index is 0.780. The Morgan fingerprint density at radius 1 is 1.40 bits per heavy atom. The van der Waals surface area contributed by atoms with E-state index in [0.29, 0.717) is 0 Å². The number of aliphatic imine (C=N–C) groups is 1. The van der Waals surface area contributed by atoms with Crippen LogP contribution in [0.15, 0.2) is 29.3 Å². The maximum Gasteiger partial charge on any atom is 0.175 e. The molecular formula is C14H21ClN3OS+. The van der Waals surface area contributed by atoms with Gasteiger partial charge in [-0.15, -0.1) is 0 Å². The molecule has 0 fully saturated rings. The van der Waals surface area contributed by atoms with E-state index in [1.165, 1.54) is 10.5 Å². The molecule has 1 aliphatic rings. The molecule has 0 saturated carbocycles. The van der Waals surface area contributed by atoms with E-state index in [1.54, 1.807) is 18.9 Å². The largest absolute Gasteiger partial charge is 0.384 e. The first-order valence-electron chi connectivity index (χ1n) is 6.76. The number of benzene rings is 1. The molecule has 1 aromatic carbocycles. The molecule has 0 bridgehead atoms. The quantitative estimate of drug-likeness (QED) is 0.779. The van der Waals surface area contributed by atoms with Crippen LogP contribution in [0.3, 0.4) is 0 Å². The van der Waals surface area contributed by atoms with Crippen LogP contribution < -0.4 is 10.2 Å². The first kappa shape index (κ1) is 15.6. The normalized spacial score (nSPS) is 18.5. The summed E-state index contributed by atoms with van der Waals surface area (Å²) in [6, 6.07) is 7.96. The van der Waals surface area contributed by atoms with Gasteiger partial charge in [-0.1, -0.05) is 35.5 Å². The molecule has 110 valence electrons. The predicted octanol–water partition coefficient (Wildman–Crippen LogP) is 1.37. The van der Waals surface area contributed by atoms with Gasteiger partial charge >= 0.3 is 0 Å². The molecular weight excluding hydrogens is 294 g/mol. The lowest BCUT2D eigenvalue weighted by atomic mass is 10.2. The predicted molar refractivity (Wildman–Crippen MR) is 85.4 cm³/mol. The van der Waals surface area contributed by atoms with Crippen molar-refractivity contribution < 1.29 is 9.64 Å². The van der Waals surface area contributed by atoms with Crippen molar-refractivity contribution in [3.63, 3.8) is 0 Å². The molecule has 0 aromatic heterocycles. The molecule has 0 radical (unpaired) electrons. The number of amidine groups is 1. The summed E-state index contributed by atoms with van der Waals surface area (Å²) in [6.07, 6.45) is 1.08.